The zero-order chi connectivity index (χ0) is 14.7. The molecule has 108 valence electrons. The van der Waals surface area contributed by atoms with Crippen LogP contribution in [-0.4, -0.2) is 20.5 Å². The average molecular weight is 284 g/mol. The minimum Gasteiger partial charge on any atom is -0.329 e. The third-order valence-corrected chi connectivity index (χ3v) is 4.87. The highest BCUT2D eigenvalue weighted by atomic mass is 32.2. The van der Waals surface area contributed by atoms with Crippen LogP contribution in [0, 0.1) is 0 Å². The number of aryl methyl sites for hydroxylation is 2. The topological polar surface area (TPSA) is 72.2 Å². The highest BCUT2D eigenvalue weighted by Gasteiger charge is 2.25. The van der Waals surface area contributed by atoms with Gasteiger partial charge in [0.2, 0.25) is 10.0 Å². The summed E-state index contributed by atoms with van der Waals surface area (Å²) in [5, 5.41) is 0. The van der Waals surface area contributed by atoms with E-state index >= 15 is 0 Å². The van der Waals surface area contributed by atoms with Crippen LogP contribution in [0.5, 0.6) is 0 Å². The van der Waals surface area contributed by atoms with Crippen molar-refractivity contribution in [1.82, 2.24) is 4.72 Å². The van der Waals surface area contributed by atoms with E-state index in [1.807, 2.05) is 13.0 Å². The first-order valence-corrected chi connectivity index (χ1v) is 8.10. The van der Waals surface area contributed by atoms with Gasteiger partial charge in [0.05, 0.1) is 4.90 Å². The van der Waals surface area contributed by atoms with E-state index in [1.54, 1.807) is 26.0 Å². The quantitative estimate of drug-likeness (QED) is 0.837. The van der Waals surface area contributed by atoms with E-state index in [1.165, 1.54) is 5.56 Å². The lowest BCUT2D eigenvalue weighted by Crippen LogP contribution is -2.48. The van der Waals surface area contributed by atoms with Gasteiger partial charge in [-0.3, -0.25) is 0 Å². The molecule has 0 spiro atoms. The lowest BCUT2D eigenvalue weighted by Gasteiger charge is -2.24. The van der Waals surface area contributed by atoms with Crippen molar-refractivity contribution in [1.29, 1.82) is 0 Å². The minimum absolute atomic E-state index is 0.250. The van der Waals surface area contributed by atoms with Crippen molar-refractivity contribution >= 4 is 10.0 Å². The van der Waals surface area contributed by atoms with Crippen LogP contribution in [0.1, 0.15) is 38.8 Å². The summed E-state index contributed by atoms with van der Waals surface area (Å²) in [6.45, 7) is 7.89. The second kappa shape index (κ2) is 6.03. The molecule has 5 heteroatoms. The summed E-state index contributed by atoms with van der Waals surface area (Å²) >= 11 is 0. The maximum Gasteiger partial charge on any atom is 0.241 e. The summed E-state index contributed by atoms with van der Waals surface area (Å²) in [5.74, 6) is 0. The maximum atomic E-state index is 12.3. The Labute approximate surface area is 116 Å². The summed E-state index contributed by atoms with van der Waals surface area (Å²) in [6, 6.07) is 5.31. The highest BCUT2D eigenvalue weighted by molar-refractivity contribution is 7.89. The van der Waals surface area contributed by atoms with Gasteiger partial charge in [-0.15, -0.1) is 0 Å². The summed E-state index contributed by atoms with van der Waals surface area (Å²) in [5.41, 5.74) is 7.20. The first kappa shape index (κ1) is 16.1. The van der Waals surface area contributed by atoms with Gasteiger partial charge in [-0.1, -0.05) is 19.9 Å². The smallest absolute Gasteiger partial charge is 0.241 e. The predicted molar refractivity (Wildman–Crippen MR) is 78.7 cm³/mol. The molecule has 0 atom stereocenters. The van der Waals surface area contributed by atoms with Gasteiger partial charge in [0.15, 0.2) is 0 Å². The van der Waals surface area contributed by atoms with Crippen molar-refractivity contribution < 1.29 is 8.42 Å². The van der Waals surface area contributed by atoms with Crippen LogP contribution in [0.2, 0.25) is 0 Å². The number of rotatable bonds is 6. The Bertz CT molecular complexity index is 536. The second-order valence-corrected chi connectivity index (χ2v) is 7.01. The maximum absolute atomic E-state index is 12.3. The normalized spacial score (nSPS) is 12.7. The number of hydrogen-bond acceptors (Lipinski definition) is 3. The van der Waals surface area contributed by atoms with Crippen molar-refractivity contribution in [3.8, 4) is 0 Å². The highest BCUT2D eigenvalue weighted by Crippen LogP contribution is 2.18. The number of sulfonamides is 1. The SMILES string of the molecule is CCc1ccc(S(=O)(=O)NC(C)(C)CN)cc1CC. The minimum atomic E-state index is -3.52. The molecule has 0 unspecified atom stereocenters. The van der Waals surface area contributed by atoms with Gasteiger partial charge in [0.1, 0.15) is 0 Å². The largest absolute Gasteiger partial charge is 0.329 e. The Morgan fingerprint density at radius 3 is 2.21 bits per heavy atom. The molecular formula is C14H24N2O2S. The van der Waals surface area contributed by atoms with E-state index < -0.39 is 15.6 Å². The van der Waals surface area contributed by atoms with Crippen LogP contribution in [-0.2, 0) is 22.9 Å². The first-order valence-electron chi connectivity index (χ1n) is 6.61. The number of nitrogens with one attached hydrogen (secondary N) is 1. The second-order valence-electron chi connectivity index (χ2n) is 5.33. The molecular weight excluding hydrogens is 260 g/mol. The van der Waals surface area contributed by atoms with E-state index in [-0.39, 0.29) is 6.54 Å². The third kappa shape index (κ3) is 4.03. The van der Waals surface area contributed by atoms with Gasteiger partial charge in [0, 0.05) is 12.1 Å². The summed E-state index contributed by atoms with van der Waals surface area (Å²) in [4.78, 5) is 0.308. The molecule has 0 aliphatic heterocycles. The zero-order valence-electron chi connectivity index (χ0n) is 12.2. The van der Waals surface area contributed by atoms with Gasteiger partial charge in [-0.2, -0.15) is 0 Å². The van der Waals surface area contributed by atoms with Gasteiger partial charge in [-0.05, 0) is 49.9 Å². The zero-order valence-corrected chi connectivity index (χ0v) is 13.0. The van der Waals surface area contributed by atoms with E-state index in [0.29, 0.717) is 4.90 Å². The fourth-order valence-electron chi connectivity index (χ4n) is 1.91. The molecule has 1 aromatic carbocycles. The summed E-state index contributed by atoms with van der Waals surface area (Å²) in [7, 11) is -3.52. The molecule has 0 radical (unpaired) electrons. The van der Waals surface area contributed by atoms with Crippen molar-refractivity contribution in [2.75, 3.05) is 6.54 Å². The molecule has 1 aromatic rings. The molecule has 0 aliphatic rings. The van der Waals surface area contributed by atoms with E-state index in [2.05, 4.69) is 11.6 Å². The molecule has 0 aromatic heterocycles. The molecule has 1 rings (SSSR count). The van der Waals surface area contributed by atoms with E-state index in [0.717, 1.165) is 18.4 Å². The van der Waals surface area contributed by atoms with Gasteiger partial charge in [-0.25, -0.2) is 13.1 Å². The third-order valence-electron chi connectivity index (χ3n) is 3.17. The van der Waals surface area contributed by atoms with Crippen LogP contribution in [0.4, 0.5) is 0 Å². The molecule has 0 bridgehead atoms. The number of benzene rings is 1. The van der Waals surface area contributed by atoms with Crippen LogP contribution >= 0.6 is 0 Å². The lowest BCUT2D eigenvalue weighted by molar-refractivity contribution is 0.462. The van der Waals surface area contributed by atoms with Crippen molar-refractivity contribution in [3.05, 3.63) is 29.3 Å². The van der Waals surface area contributed by atoms with Crippen LogP contribution in [0.3, 0.4) is 0 Å². The number of hydrogen-bond donors (Lipinski definition) is 2. The fourth-order valence-corrected chi connectivity index (χ4v) is 3.38. The van der Waals surface area contributed by atoms with Crippen LogP contribution < -0.4 is 10.5 Å². The van der Waals surface area contributed by atoms with E-state index in [4.69, 9.17) is 5.73 Å². The van der Waals surface area contributed by atoms with Crippen molar-refractivity contribution in [3.63, 3.8) is 0 Å². The molecule has 0 fully saturated rings. The van der Waals surface area contributed by atoms with Crippen molar-refractivity contribution in [2.45, 2.75) is 51.0 Å². The van der Waals surface area contributed by atoms with Crippen LogP contribution in [0.15, 0.2) is 23.1 Å². The Morgan fingerprint density at radius 1 is 1.16 bits per heavy atom. The Kier molecular flexibility index (Phi) is 5.12. The lowest BCUT2D eigenvalue weighted by atomic mass is 10.0. The van der Waals surface area contributed by atoms with Gasteiger partial charge < -0.3 is 5.73 Å². The Hall–Kier alpha value is -0.910. The molecule has 4 nitrogen and oxygen atoms in total. The molecule has 3 N–H and O–H groups in total. The molecule has 0 aliphatic carbocycles. The monoisotopic (exact) mass is 284 g/mol. The van der Waals surface area contributed by atoms with Gasteiger partial charge >= 0.3 is 0 Å². The first-order chi connectivity index (χ1) is 8.75. The van der Waals surface area contributed by atoms with Gasteiger partial charge in [0.25, 0.3) is 0 Å². The summed E-state index contributed by atoms with van der Waals surface area (Å²) < 4.78 is 27.3. The van der Waals surface area contributed by atoms with Crippen molar-refractivity contribution in [2.24, 2.45) is 5.73 Å². The standard InChI is InChI=1S/C14H24N2O2S/c1-5-11-7-8-13(9-12(11)6-2)19(17,18)16-14(3,4)10-15/h7-9,16H,5-6,10,15H2,1-4H3. The average Bonchev–Trinajstić information content (AvgIpc) is 2.36. The summed E-state index contributed by atoms with van der Waals surface area (Å²) in [6.07, 6.45) is 1.73. The van der Waals surface area contributed by atoms with E-state index in [9.17, 15) is 8.42 Å². The number of nitrogens with two attached hydrogens (primary N) is 1. The Balaban J connectivity index is 3.16. The molecule has 19 heavy (non-hydrogen) atoms. The Morgan fingerprint density at radius 2 is 1.74 bits per heavy atom. The predicted octanol–water partition coefficient (Wildman–Crippen LogP) is 1.83. The molecule has 0 heterocycles. The fraction of sp³-hybridized carbons (Fsp3) is 0.571. The molecule has 0 amide bonds. The molecule has 0 saturated heterocycles. The van der Waals surface area contributed by atoms with Crippen LogP contribution in [0.25, 0.3) is 0 Å². The molecule has 0 saturated carbocycles.